The molecule has 1 aromatic carbocycles. The van der Waals surface area contributed by atoms with Crippen molar-refractivity contribution in [2.75, 3.05) is 11.4 Å². The first-order valence-electron chi connectivity index (χ1n) is 6.33. The van der Waals surface area contributed by atoms with E-state index < -0.39 is 5.92 Å². The summed E-state index contributed by atoms with van der Waals surface area (Å²) in [5, 5.41) is 0.868. The zero-order valence-corrected chi connectivity index (χ0v) is 12.2. The van der Waals surface area contributed by atoms with E-state index in [1.807, 2.05) is 0 Å². The van der Waals surface area contributed by atoms with Crippen molar-refractivity contribution < 1.29 is 9.59 Å². The van der Waals surface area contributed by atoms with Crippen LogP contribution in [0.5, 0.6) is 0 Å². The van der Waals surface area contributed by atoms with Crippen molar-refractivity contribution in [1.29, 1.82) is 0 Å². The van der Waals surface area contributed by atoms with E-state index in [9.17, 15) is 9.59 Å². The highest BCUT2D eigenvalue weighted by molar-refractivity contribution is 6.42. The van der Waals surface area contributed by atoms with Crippen LogP contribution in [0.1, 0.15) is 26.2 Å². The SMILES string of the molecule is CCC(=O)[C@@H]1CCCN(c2ccc(Cl)c(Cl)c2)C1=O. The summed E-state index contributed by atoms with van der Waals surface area (Å²) >= 11 is 11.8. The van der Waals surface area contributed by atoms with Gasteiger partial charge in [-0.05, 0) is 31.0 Å². The molecule has 0 N–H and O–H groups in total. The van der Waals surface area contributed by atoms with Crippen LogP contribution in [0.3, 0.4) is 0 Å². The number of benzene rings is 1. The van der Waals surface area contributed by atoms with Crippen LogP contribution in [0, 0.1) is 5.92 Å². The molecule has 0 aliphatic carbocycles. The third-order valence-corrected chi connectivity index (χ3v) is 4.13. The van der Waals surface area contributed by atoms with Crippen LogP contribution >= 0.6 is 23.2 Å². The molecule has 1 aliphatic rings. The maximum absolute atomic E-state index is 12.4. The lowest BCUT2D eigenvalue weighted by atomic mass is 9.91. The van der Waals surface area contributed by atoms with Gasteiger partial charge in [0, 0.05) is 18.7 Å². The fraction of sp³-hybridized carbons (Fsp3) is 0.429. The first-order chi connectivity index (χ1) is 9.04. The van der Waals surface area contributed by atoms with Crippen molar-refractivity contribution in [2.45, 2.75) is 26.2 Å². The number of piperidine rings is 1. The minimum Gasteiger partial charge on any atom is -0.312 e. The highest BCUT2D eigenvalue weighted by Crippen LogP contribution is 2.30. The second-order valence-electron chi connectivity index (χ2n) is 4.60. The highest BCUT2D eigenvalue weighted by Gasteiger charge is 2.33. The first-order valence-corrected chi connectivity index (χ1v) is 7.09. The first kappa shape index (κ1) is 14.4. The van der Waals surface area contributed by atoms with Crippen molar-refractivity contribution in [1.82, 2.24) is 0 Å². The number of carbonyl (C=O) groups is 2. The van der Waals surface area contributed by atoms with Gasteiger partial charge >= 0.3 is 0 Å². The van der Waals surface area contributed by atoms with E-state index in [1.54, 1.807) is 30.0 Å². The molecule has 0 saturated carbocycles. The number of nitrogens with zero attached hydrogens (tertiary/aromatic N) is 1. The van der Waals surface area contributed by atoms with Crippen LogP contribution in [0.25, 0.3) is 0 Å². The summed E-state index contributed by atoms with van der Waals surface area (Å²) in [5.74, 6) is -0.626. The van der Waals surface area contributed by atoms with Gasteiger partial charge in [0.1, 0.15) is 5.78 Å². The monoisotopic (exact) mass is 299 g/mol. The maximum atomic E-state index is 12.4. The van der Waals surface area contributed by atoms with E-state index in [1.165, 1.54) is 0 Å². The molecule has 3 nitrogen and oxygen atoms in total. The van der Waals surface area contributed by atoms with Crippen molar-refractivity contribution in [3.63, 3.8) is 0 Å². The number of rotatable bonds is 3. The molecule has 1 aromatic rings. The lowest BCUT2D eigenvalue weighted by Gasteiger charge is -2.31. The van der Waals surface area contributed by atoms with Crippen LogP contribution in [-0.2, 0) is 9.59 Å². The maximum Gasteiger partial charge on any atom is 0.237 e. The smallest absolute Gasteiger partial charge is 0.237 e. The molecular formula is C14H15Cl2NO2. The van der Waals surface area contributed by atoms with Crippen molar-refractivity contribution in [3.8, 4) is 0 Å². The number of hydrogen-bond acceptors (Lipinski definition) is 2. The third kappa shape index (κ3) is 2.93. The molecule has 1 fully saturated rings. The molecule has 1 aliphatic heterocycles. The molecule has 1 heterocycles. The van der Waals surface area contributed by atoms with Gasteiger partial charge in [-0.25, -0.2) is 0 Å². The van der Waals surface area contributed by atoms with Crippen LogP contribution in [0.4, 0.5) is 5.69 Å². The molecule has 102 valence electrons. The average Bonchev–Trinajstić information content (AvgIpc) is 2.41. The molecule has 1 saturated heterocycles. The summed E-state index contributed by atoms with van der Waals surface area (Å²) in [6, 6.07) is 5.09. The van der Waals surface area contributed by atoms with Gasteiger partial charge in [0.05, 0.1) is 16.0 Å². The van der Waals surface area contributed by atoms with Gasteiger partial charge in [0.25, 0.3) is 0 Å². The summed E-state index contributed by atoms with van der Waals surface area (Å²) in [5.41, 5.74) is 0.702. The molecule has 0 spiro atoms. The minimum atomic E-state index is -0.506. The number of anilines is 1. The molecule has 1 atom stereocenters. The van der Waals surface area contributed by atoms with Gasteiger partial charge in [-0.2, -0.15) is 0 Å². The molecule has 2 rings (SSSR count). The van der Waals surface area contributed by atoms with Crippen LogP contribution < -0.4 is 4.90 Å². The molecule has 0 bridgehead atoms. The van der Waals surface area contributed by atoms with Gasteiger partial charge < -0.3 is 4.90 Å². The van der Waals surface area contributed by atoms with E-state index >= 15 is 0 Å². The molecule has 0 aromatic heterocycles. The number of carbonyl (C=O) groups excluding carboxylic acids is 2. The number of ketones is 1. The largest absolute Gasteiger partial charge is 0.312 e. The van der Waals surface area contributed by atoms with Crippen LogP contribution in [0.2, 0.25) is 10.0 Å². The van der Waals surface area contributed by atoms with E-state index in [2.05, 4.69) is 0 Å². The van der Waals surface area contributed by atoms with Gasteiger partial charge in [0.15, 0.2) is 0 Å². The van der Waals surface area contributed by atoms with E-state index in [-0.39, 0.29) is 11.7 Å². The van der Waals surface area contributed by atoms with E-state index in [0.717, 1.165) is 6.42 Å². The topological polar surface area (TPSA) is 37.4 Å². The Kier molecular flexibility index (Phi) is 4.48. The van der Waals surface area contributed by atoms with Gasteiger partial charge in [0.2, 0.25) is 5.91 Å². The predicted octanol–water partition coefficient (Wildman–Crippen LogP) is 3.72. The van der Waals surface area contributed by atoms with Crippen LogP contribution in [0.15, 0.2) is 18.2 Å². The average molecular weight is 300 g/mol. The van der Waals surface area contributed by atoms with Crippen molar-refractivity contribution in [2.24, 2.45) is 5.92 Å². The summed E-state index contributed by atoms with van der Waals surface area (Å²) in [6.07, 6.45) is 1.86. The van der Waals surface area contributed by atoms with Crippen molar-refractivity contribution in [3.05, 3.63) is 28.2 Å². The zero-order valence-electron chi connectivity index (χ0n) is 10.7. The van der Waals surface area contributed by atoms with Gasteiger partial charge in [-0.1, -0.05) is 30.1 Å². The Balaban J connectivity index is 2.26. The van der Waals surface area contributed by atoms with E-state index in [4.69, 9.17) is 23.2 Å². The summed E-state index contributed by atoms with van der Waals surface area (Å²) in [6.45, 7) is 2.40. The summed E-state index contributed by atoms with van der Waals surface area (Å²) in [7, 11) is 0. The number of hydrogen-bond donors (Lipinski definition) is 0. The molecule has 0 radical (unpaired) electrons. The minimum absolute atomic E-state index is 0.00904. The van der Waals surface area contributed by atoms with Gasteiger partial charge in [-0.15, -0.1) is 0 Å². The number of Topliss-reactive ketones (excluding diaryl/α,β-unsaturated/α-hetero) is 1. The fourth-order valence-corrected chi connectivity index (χ4v) is 2.62. The highest BCUT2D eigenvalue weighted by atomic mass is 35.5. The van der Waals surface area contributed by atoms with Crippen LogP contribution in [-0.4, -0.2) is 18.2 Å². The standard InChI is InChI=1S/C14H15Cl2NO2/c1-2-13(18)10-4-3-7-17(14(10)19)9-5-6-11(15)12(16)8-9/h5-6,8,10H,2-4,7H2,1H3/t10-/m0/s1. The Morgan fingerprint density at radius 1 is 1.37 bits per heavy atom. The number of halogens is 2. The lowest BCUT2D eigenvalue weighted by Crippen LogP contribution is -2.44. The zero-order chi connectivity index (χ0) is 14.0. The molecule has 5 heteroatoms. The lowest BCUT2D eigenvalue weighted by molar-refractivity contribution is -0.133. The Hall–Kier alpha value is -1.06. The summed E-state index contributed by atoms with van der Waals surface area (Å²) in [4.78, 5) is 25.8. The second kappa shape index (κ2) is 5.93. The molecule has 1 amide bonds. The Morgan fingerprint density at radius 2 is 2.11 bits per heavy atom. The normalized spacial score (nSPS) is 19.6. The summed E-state index contributed by atoms with van der Waals surface area (Å²) < 4.78 is 0. The third-order valence-electron chi connectivity index (χ3n) is 3.39. The second-order valence-corrected chi connectivity index (χ2v) is 5.42. The Bertz CT molecular complexity index is 516. The molecular weight excluding hydrogens is 285 g/mol. The number of amides is 1. The Labute approximate surface area is 122 Å². The van der Waals surface area contributed by atoms with E-state index in [0.29, 0.717) is 35.1 Å². The van der Waals surface area contributed by atoms with Gasteiger partial charge in [-0.3, -0.25) is 9.59 Å². The molecule has 19 heavy (non-hydrogen) atoms. The van der Waals surface area contributed by atoms with Crippen molar-refractivity contribution >= 4 is 40.6 Å². The quantitative estimate of drug-likeness (QED) is 0.798. The Morgan fingerprint density at radius 3 is 2.74 bits per heavy atom. The predicted molar refractivity (Wildman–Crippen MR) is 76.8 cm³/mol. The fourth-order valence-electron chi connectivity index (χ4n) is 2.33. The molecule has 0 unspecified atom stereocenters.